The number of carbonyl (C=O) groups is 2. The topological polar surface area (TPSA) is 64.6 Å². The zero-order chi connectivity index (χ0) is 20.6. The average Bonchev–Trinajstić information content (AvgIpc) is 2.76. The monoisotopic (exact) mass is 397 g/mol. The van der Waals surface area contributed by atoms with Gasteiger partial charge in [-0.2, -0.15) is 0 Å². The highest BCUT2D eigenvalue weighted by atomic mass is 28.4. The van der Waals surface area contributed by atoms with Crippen molar-refractivity contribution in [1.29, 1.82) is 0 Å². The van der Waals surface area contributed by atoms with Gasteiger partial charge >= 0.3 is 8.56 Å². The van der Waals surface area contributed by atoms with Gasteiger partial charge in [-0.3, -0.25) is 9.59 Å². The first-order chi connectivity index (χ1) is 13.4. The van der Waals surface area contributed by atoms with E-state index in [9.17, 15) is 9.59 Å². The van der Waals surface area contributed by atoms with Crippen molar-refractivity contribution in [2.45, 2.75) is 19.0 Å². The predicted octanol–water partition coefficient (Wildman–Crippen LogP) is 4.56. The number of hydrogen-bond donors (Lipinski definition) is 1. The van der Waals surface area contributed by atoms with E-state index in [0.29, 0.717) is 23.4 Å². The summed E-state index contributed by atoms with van der Waals surface area (Å²) in [4.78, 5) is 25.4. The minimum absolute atomic E-state index is 0.359. The molecule has 2 aromatic rings. The summed E-state index contributed by atoms with van der Waals surface area (Å²) in [6.45, 7) is 6.42. The molecule has 0 fully saturated rings. The van der Waals surface area contributed by atoms with Gasteiger partial charge < -0.3 is 14.2 Å². The van der Waals surface area contributed by atoms with E-state index in [1.165, 1.54) is 0 Å². The molecule has 0 atom stereocenters. The van der Waals surface area contributed by atoms with E-state index in [-0.39, 0.29) is 0 Å². The van der Waals surface area contributed by atoms with Crippen LogP contribution in [0.4, 0.5) is 5.69 Å². The molecule has 0 amide bonds. The van der Waals surface area contributed by atoms with Crippen molar-refractivity contribution in [3.63, 3.8) is 0 Å². The van der Waals surface area contributed by atoms with Crippen LogP contribution in [0.15, 0.2) is 55.1 Å². The number of nitrogens with one attached hydrogen (secondary N) is 1. The summed E-state index contributed by atoms with van der Waals surface area (Å²) in [6, 6.07) is 14.7. The average molecular weight is 398 g/mol. The van der Waals surface area contributed by atoms with Crippen molar-refractivity contribution in [3.8, 4) is 0 Å². The number of rotatable bonds is 11. The van der Waals surface area contributed by atoms with E-state index in [1.54, 1.807) is 56.7 Å². The third kappa shape index (κ3) is 5.48. The van der Waals surface area contributed by atoms with Gasteiger partial charge in [-0.1, -0.05) is 49.1 Å². The molecule has 0 radical (unpaired) electrons. The van der Waals surface area contributed by atoms with Crippen LogP contribution in [0.3, 0.4) is 0 Å². The van der Waals surface area contributed by atoms with Crippen LogP contribution in [-0.2, 0) is 8.85 Å². The van der Waals surface area contributed by atoms with E-state index >= 15 is 0 Å². The molecule has 2 rings (SSSR count). The number of ketones is 2. The highest BCUT2D eigenvalue weighted by Crippen LogP contribution is 2.22. The number of hydrogen-bond acceptors (Lipinski definition) is 5. The number of benzene rings is 2. The van der Waals surface area contributed by atoms with Gasteiger partial charge in [-0.25, -0.2) is 0 Å². The number of anilines is 1. The Bertz CT molecular complexity index is 832. The molecule has 6 heteroatoms. The summed E-state index contributed by atoms with van der Waals surface area (Å²) in [6.07, 6.45) is 2.53. The predicted molar refractivity (Wildman–Crippen MR) is 115 cm³/mol. The van der Waals surface area contributed by atoms with E-state index in [2.05, 4.69) is 11.9 Å². The summed E-state index contributed by atoms with van der Waals surface area (Å²) >= 11 is 0. The van der Waals surface area contributed by atoms with Crippen molar-refractivity contribution >= 4 is 31.9 Å². The summed E-state index contributed by atoms with van der Waals surface area (Å²) in [5.41, 5.74) is 2.25. The lowest BCUT2D eigenvalue weighted by atomic mass is 9.98. The second-order valence-electron chi connectivity index (χ2n) is 6.61. The van der Waals surface area contributed by atoms with Crippen molar-refractivity contribution in [2.75, 3.05) is 26.1 Å². The lowest BCUT2D eigenvalue weighted by Crippen LogP contribution is -2.36. The third-order valence-corrected chi connectivity index (χ3v) is 7.74. The molecule has 0 bridgehead atoms. The Morgan fingerprint density at radius 1 is 1.07 bits per heavy atom. The normalized spacial score (nSPS) is 11.1. The highest BCUT2D eigenvalue weighted by molar-refractivity contribution is 6.65. The Balaban J connectivity index is 2.16. The van der Waals surface area contributed by atoms with Crippen LogP contribution in [0.1, 0.15) is 32.7 Å². The smallest absolute Gasteiger partial charge is 0.334 e. The van der Waals surface area contributed by atoms with Gasteiger partial charge in [0, 0.05) is 37.6 Å². The molecule has 0 unspecified atom stereocenters. The van der Waals surface area contributed by atoms with Gasteiger partial charge in [-0.15, -0.1) is 0 Å². The van der Waals surface area contributed by atoms with Crippen LogP contribution in [0.5, 0.6) is 0 Å². The van der Waals surface area contributed by atoms with Crippen LogP contribution in [0.25, 0.3) is 6.08 Å². The summed E-state index contributed by atoms with van der Waals surface area (Å²) < 4.78 is 11.0. The van der Waals surface area contributed by atoms with E-state index in [1.807, 2.05) is 18.7 Å². The summed E-state index contributed by atoms with van der Waals surface area (Å²) in [7, 11) is 1.21. The maximum Gasteiger partial charge on any atom is 0.334 e. The standard InChI is InChI=1S/C22H27NO4Si/c1-5-17-12-13-19(22(25)21(24)18-10-7-6-8-11-18)20(16-17)23-14-9-15-28(4,26-2)27-3/h5-8,10-13,16,23H,1,9,14-15H2,2-4H3. The molecule has 0 saturated carbocycles. The minimum Gasteiger partial charge on any atom is -0.398 e. The van der Waals surface area contributed by atoms with E-state index in [0.717, 1.165) is 18.0 Å². The fraction of sp³-hybridized carbons (Fsp3) is 0.273. The maximum absolute atomic E-state index is 12.8. The van der Waals surface area contributed by atoms with Crippen molar-refractivity contribution in [3.05, 3.63) is 71.8 Å². The highest BCUT2D eigenvalue weighted by Gasteiger charge is 2.27. The van der Waals surface area contributed by atoms with Gasteiger partial charge in [0.15, 0.2) is 0 Å². The molecule has 0 aromatic heterocycles. The fourth-order valence-electron chi connectivity index (χ4n) is 2.80. The summed E-state index contributed by atoms with van der Waals surface area (Å²) in [5.74, 6) is -1.05. The molecule has 2 aromatic carbocycles. The Labute approximate surface area is 167 Å². The summed E-state index contributed by atoms with van der Waals surface area (Å²) in [5, 5.41) is 3.29. The van der Waals surface area contributed by atoms with Gasteiger partial charge in [0.25, 0.3) is 0 Å². The first-order valence-corrected chi connectivity index (χ1v) is 11.7. The lowest BCUT2D eigenvalue weighted by molar-refractivity contribution is 0.0817. The molecule has 1 N–H and O–H groups in total. The maximum atomic E-state index is 12.8. The minimum atomic E-state index is -2.13. The molecule has 0 heterocycles. The Morgan fingerprint density at radius 3 is 2.36 bits per heavy atom. The van der Waals surface area contributed by atoms with Crippen LogP contribution in [0.2, 0.25) is 12.6 Å². The Hall–Kier alpha value is -2.54. The van der Waals surface area contributed by atoms with Gasteiger partial charge in [0.1, 0.15) is 0 Å². The van der Waals surface area contributed by atoms with Gasteiger partial charge in [0.05, 0.1) is 0 Å². The van der Waals surface area contributed by atoms with Crippen LogP contribution in [-0.4, -0.2) is 40.9 Å². The molecule has 0 aliphatic rings. The molecule has 0 aliphatic heterocycles. The van der Waals surface area contributed by atoms with Crippen LogP contribution >= 0.6 is 0 Å². The molecular formula is C22H27NO4Si. The first kappa shape index (κ1) is 21.8. The molecule has 0 spiro atoms. The molecule has 5 nitrogen and oxygen atoms in total. The second-order valence-corrected chi connectivity index (χ2v) is 10.2. The quantitative estimate of drug-likeness (QED) is 0.261. The Kier molecular flexibility index (Phi) is 7.87. The van der Waals surface area contributed by atoms with Gasteiger partial charge in [-0.05, 0) is 36.7 Å². The fourth-order valence-corrected chi connectivity index (χ4v) is 4.19. The molecule has 148 valence electrons. The van der Waals surface area contributed by atoms with Crippen molar-refractivity contribution in [1.82, 2.24) is 0 Å². The molecule has 0 aliphatic carbocycles. The van der Waals surface area contributed by atoms with Crippen molar-refractivity contribution in [2.24, 2.45) is 0 Å². The van der Waals surface area contributed by atoms with E-state index in [4.69, 9.17) is 8.85 Å². The molecule has 0 saturated heterocycles. The van der Waals surface area contributed by atoms with Crippen LogP contribution < -0.4 is 5.32 Å². The second kappa shape index (κ2) is 10.1. The first-order valence-electron chi connectivity index (χ1n) is 9.19. The Morgan fingerprint density at radius 2 is 1.75 bits per heavy atom. The van der Waals surface area contributed by atoms with Gasteiger partial charge in [0.2, 0.25) is 11.6 Å². The largest absolute Gasteiger partial charge is 0.398 e. The zero-order valence-corrected chi connectivity index (χ0v) is 17.7. The zero-order valence-electron chi connectivity index (χ0n) is 16.7. The molecule has 28 heavy (non-hydrogen) atoms. The lowest BCUT2D eigenvalue weighted by Gasteiger charge is -2.22. The SMILES string of the molecule is C=Cc1ccc(C(=O)C(=O)c2ccccc2)c(NCCC[Si](C)(OC)OC)c1. The molecular weight excluding hydrogens is 370 g/mol. The van der Waals surface area contributed by atoms with E-state index < -0.39 is 20.1 Å². The van der Waals surface area contributed by atoms with Crippen LogP contribution in [0, 0.1) is 0 Å². The number of carbonyl (C=O) groups excluding carboxylic acids is 2. The number of Topliss-reactive ketones (excluding diaryl/α,β-unsaturated/α-hetero) is 2. The third-order valence-electron chi connectivity index (χ3n) is 4.75. The van der Waals surface area contributed by atoms with Crippen molar-refractivity contribution < 1.29 is 18.4 Å².